The summed E-state index contributed by atoms with van der Waals surface area (Å²) in [7, 11) is 1.63. The van der Waals surface area contributed by atoms with E-state index in [-0.39, 0.29) is 29.9 Å². The van der Waals surface area contributed by atoms with Crippen molar-refractivity contribution in [2.24, 2.45) is 13.0 Å². The average Bonchev–Trinajstić information content (AvgIpc) is 2.74. The minimum absolute atomic E-state index is 0.000375. The van der Waals surface area contributed by atoms with Crippen LogP contribution in [0.3, 0.4) is 0 Å². The first-order valence-electron chi connectivity index (χ1n) is 11.3. The number of halogens is 2. The number of hydrogen-bond donors (Lipinski definition) is 2. The van der Waals surface area contributed by atoms with E-state index in [0.29, 0.717) is 33.9 Å². The largest absolute Gasteiger partial charge is 0.488 e. The third-order valence-corrected chi connectivity index (χ3v) is 5.59. The van der Waals surface area contributed by atoms with Gasteiger partial charge in [0.1, 0.15) is 18.0 Å². The second-order valence-corrected chi connectivity index (χ2v) is 10.4. The van der Waals surface area contributed by atoms with E-state index < -0.39 is 17.5 Å². The molecule has 35 heavy (non-hydrogen) atoms. The van der Waals surface area contributed by atoms with Crippen LogP contribution in [0.4, 0.5) is 15.0 Å². The summed E-state index contributed by atoms with van der Waals surface area (Å²) in [6.45, 7) is 9.45. The Labute approximate surface area is 218 Å². The van der Waals surface area contributed by atoms with E-state index in [0.717, 1.165) is 0 Å². The number of ether oxygens (including phenoxy) is 2. The van der Waals surface area contributed by atoms with Gasteiger partial charge < -0.3 is 24.6 Å². The molecule has 2 aromatic heterocycles. The zero-order valence-electron chi connectivity index (χ0n) is 20.7. The quantitative estimate of drug-likeness (QED) is 0.218. The second kappa shape index (κ2) is 11.0. The van der Waals surface area contributed by atoms with Gasteiger partial charge in [-0.1, -0.05) is 13.8 Å². The first-order valence-corrected chi connectivity index (χ1v) is 12.6. The molecule has 0 bridgehead atoms. The molecule has 1 aromatic carbocycles. The van der Waals surface area contributed by atoms with Gasteiger partial charge >= 0.3 is 11.4 Å². The van der Waals surface area contributed by atoms with E-state index in [2.05, 4.69) is 15.5 Å². The summed E-state index contributed by atoms with van der Waals surface area (Å²) in [5.74, 6) is 0.109. The van der Waals surface area contributed by atoms with Crippen molar-refractivity contribution in [2.45, 2.75) is 52.7 Å². The topological polar surface area (TPSA) is 94.5 Å². The maximum absolute atomic E-state index is 15.2. The zero-order chi connectivity index (χ0) is 25.9. The van der Waals surface area contributed by atoms with Gasteiger partial charge in [0.15, 0.2) is 11.6 Å². The van der Waals surface area contributed by atoms with Crippen LogP contribution in [0.1, 0.15) is 41.0 Å². The van der Waals surface area contributed by atoms with Crippen LogP contribution in [0.15, 0.2) is 29.2 Å². The number of anilines is 1. The third-order valence-electron chi connectivity index (χ3n) is 5.28. The molecule has 0 unspecified atom stereocenters. The minimum atomic E-state index is -0.634. The fourth-order valence-corrected chi connectivity index (χ4v) is 4.18. The maximum atomic E-state index is 15.2. The van der Waals surface area contributed by atoms with E-state index in [1.807, 2.05) is 36.2 Å². The van der Waals surface area contributed by atoms with Gasteiger partial charge in [-0.2, -0.15) is 0 Å². The maximum Gasteiger partial charge on any atom is 0.407 e. The lowest BCUT2D eigenvalue weighted by atomic mass is 10.0. The van der Waals surface area contributed by atoms with Crippen molar-refractivity contribution in [2.75, 3.05) is 11.8 Å². The highest BCUT2D eigenvalue weighted by molar-refractivity contribution is 14.1. The first kappa shape index (κ1) is 27.0. The SMILES string of the molecule is CC(C)C[C@@H](COc1cc2c(cc1F)c1ccnc(N[B]I)c1c(=O)n2C)NC(=O)OC(C)(C)C. The Kier molecular flexibility index (Phi) is 8.50. The van der Waals surface area contributed by atoms with E-state index >= 15 is 4.39 Å². The van der Waals surface area contributed by atoms with Crippen molar-refractivity contribution in [1.29, 1.82) is 0 Å². The van der Waals surface area contributed by atoms with Gasteiger partial charge in [-0.15, -0.1) is 22.4 Å². The molecule has 2 heterocycles. The average molecular weight is 595 g/mol. The lowest BCUT2D eigenvalue weighted by molar-refractivity contribution is 0.0479. The Morgan fingerprint density at radius 1 is 1.29 bits per heavy atom. The third kappa shape index (κ3) is 6.56. The Morgan fingerprint density at radius 2 is 2.00 bits per heavy atom. The number of amides is 1. The van der Waals surface area contributed by atoms with Crippen LogP contribution >= 0.6 is 22.4 Å². The summed E-state index contributed by atoms with van der Waals surface area (Å²) in [5, 5.41) is 8.96. The predicted octanol–water partition coefficient (Wildman–Crippen LogP) is 4.93. The minimum Gasteiger partial charge on any atom is -0.488 e. The number of carbonyl (C=O) groups is 1. The summed E-state index contributed by atoms with van der Waals surface area (Å²) in [5.41, 5.74) is -0.372. The van der Waals surface area contributed by atoms with Gasteiger partial charge in [-0.05, 0) is 45.2 Å². The number of alkyl carbamates (subject to hydrolysis) is 1. The van der Waals surface area contributed by atoms with Gasteiger partial charge in [0, 0.05) is 30.1 Å². The molecule has 0 saturated heterocycles. The van der Waals surface area contributed by atoms with E-state index in [9.17, 15) is 9.59 Å². The van der Waals surface area contributed by atoms with E-state index in [4.69, 9.17) is 9.47 Å². The van der Waals surface area contributed by atoms with Crippen LogP contribution in [0, 0.1) is 11.7 Å². The van der Waals surface area contributed by atoms with Crippen LogP contribution in [-0.4, -0.2) is 39.2 Å². The predicted molar refractivity (Wildman–Crippen MR) is 146 cm³/mol. The van der Waals surface area contributed by atoms with Crippen molar-refractivity contribution >= 4 is 61.2 Å². The molecule has 187 valence electrons. The number of nitrogens with zero attached hydrogens (tertiary/aromatic N) is 2. The van der Waals surface area contributed by atoms with Crippen molar-refractivity contribution in [3.63, 3.8) is 0 Å². The van der Waals surface area contributed by atoms with Crippen LogP contribution in [-0.2, 0) is 11.8 Å². The lowest BCUT2D eigenvalue weighted by Crippen LogP contribution is -2.42. The number of benzene rings is 1. The molecule has 1 radical (unpaired) electrons. The molecular formula is C24H30BFIN4O4. The number of nitrogens with one attached hydrogen (secondary N) is 2. The Morgan fingerprint density at radius 3 is 2.63 bits per heavy atom. The molecule has 0 aliphatic rings. The molecule has 0 saturated carbocycles. The van der Waals surface area contributed by atoms with Crippen LogP contribution in [0.2, 0.25) is 0 Å². The lowest BCUT2D eigenvalue weighted by Gasteiger charge is -2.25. The molecule has 0 aliphatic heterocycles. The van der Waals surface area contributed by atoms with E-state index in [1.165, 1.54) is 16.7 Å². The van der Waals surface area contributed by atoms with Gasteiger partial charge in [0.2, 0.25) is 0 Å². The number of carbonyl (C=O) groups excluding carboxylic acids is 1. The molecule has 1 amide bonds. The van der Waals surface area contributed by atoms with Gasteiger partial charge in [-0.3, -0.25) is 4.79 Å². The standard InChI is InChI=1S/C24H30BFIN4O4/c1-13(2)9-14(29-23(33)35-24(3,4)5)12-34-19-11-18-16(10-17(19)26)15-7-8-28-21(30-25-27)20(15)22(32)31(18)6/h7-8,10-11,13-14H,9,12H2,1-6H3,(H,28,30)(H,29,33)/t14-/m0/s1. The first-order chi connectivity index (χ1) is 16.4. The Hall–Kier alpha value is -2.57. The summed E-state index contributed by atoms with van der Waals surface area (Å²) in [4.78, 5) is 29.6. The number of hydrogen-bond acceptors (Lipinski definition) is 6. The van der Waals surface area contributed by atoms with Gasteiger partial charge in [0.05, 0.1) is 16.9 Å². The summed E-state index contributed by atoms with van der Waals surface area (Å²) < 4.78 is 27.8. The number of pyridine rings is 2. The monoisotopic (exact) mass is 595 g/mol. The summed E-state index contributed by atoms with van der Waals surface area (Å²) in [6.07, 6.45) is 1.64. The number of aryl methyl sites for hydroxylation is 1. The van der Waals surface area contributed by atoms with Crippen molar-refractivity contribution in [1.82, 2.24) is 14.9 Å². The van der Waals surface area contributed by atoms with Crippen molar-refractivity contribution in [3.05, 3.63) is 40.6 Å². The van der Waals surface area contributed by atoms with Crippen molar-refractivity contribution < 1.29 is 18.7 Å². The van der Waals surface area contributed by atoms with Gasteiger partial charge in [-0.25, -0.2) is 14.2 Å². The molecule has 11 heteroatoms. The summed E-state index contributed by atoms with van der Waals surface area (Å²) >= 11 is 2.01. The van der Waals surface area contributed by atoms with Crippen LogP contribution in [0.5, 0.6) is 5.75 Å². The Balaban J connectivity index is 1.95. The molecule has 3 rings (SSSR count). The molecule has 3 aromatic rings. The summed E-state index contributed by atoms with van der Waals surface area (Å²) in [6, 6.07) is 4.19. The smallest absolute Gasteiger partial charge is 0.407 e. The fourth-order valence-electron chi connectivity index (χ4n) is 3.89. The second-order valence-electron chi connectivity index (χ2n) is 9.78. The van der Waals surface area contributed by atoms with Crippen molar-refractivity contribution in [3.8, 4) is 5.75 Å². The van der Waals surface area contributed by atoms with Gasteiger partial charge in [0.25, 0.3) is 5.56 Å². The molecular weight excluding hydrogens is 565 g/mol. The molecule has 0 spiro atoms. The molecule has 1 atom stereocenters. The van der Waals surface area contributed by atoms with Crippen LogP contribution in [0.25, 0.3) is 21.7 Å². The molecule has 2 N–H and O–H groups in total. The Bertz CT molecular complexity index is 1290. The number of fused-ring (bicyclic) bond motifs is 3. The highest BCUT2D eigenvalue weighted by atomic mass is 127. The van der Waals surface area contributed by atoms with E-state index in [1.54, 1.807) is 45.4 Å². The highest BCUT2D eigenvalue weighted by Crippen LogP contribution is 2.31. The fraction of sp³-hybridized carbons (Fsp3) is 0.458. The molecule has 0 aliphatic carbocycles. The zero-order valence-corrected chi connectivity index (χ0v) is 22.9. The molecule has 0 fully saturated rings. The highest BCUT2D eigenvalue weighted by Gasteiger charge is 2.22. The van der Waals surface area contributed by atoms with Crippen LogP contribution < -0.4 is 20.8 Å². The number of rotatable bonds is 8. The molecule has 8 nitrogen and oxygen atoms in total. The number of aromatic nitrogens is 2. The normalized spacial score (nSPS) is 12.6.